The number of halogens is 1. The van der Waals surface area contributed by atoms with Gasteiger partial charge in [0, 0.05) is 24.7 Å². The maximum absolute atomic E-state index is 13.8. The van der Waals surface area contributed by atoms with Crippen LogP contribution in [0.5, 0.6) is 5.75 Å². The van der Waals surface area contributed by atoms with Gasteiger partial charge in [-0.3, -0.25) is 0 Å². The number of epoxide rings is 1. The fourth-order valence-electron chi connectivity index (χ4n) is 6.56. The third-order valence-electron chi connectivity index (χ3n) is 8.97. The Morgan fingerprint density at radius 3 is 2.28 bits per heavy atom. The molecule has 1 aliphatic carbocycles. The van der Waals surface area contributed by atoms with Gasteiger partial charge in [0.1, 0.15) is 18.2 Å². The largest absolute Gasteiger partial charge is 0.489 e. The molecule has 3 aliphatic rings. The molecule has 0 saturated carbocycles. The lowest BCUT2D eigenvalue weighted by Crippen LogP contribution is -2.37. The van der Waals surface area contributed by atoms with E-state index in [1.807, 2.05) is 30.3 Å². The first-order valence-corrected chi connectivity index (χ1v) is 14.2. The van der Waals surface area contributed by atoms with Crippen LogP contribution in [0.4, 0.5) is 10.1 Å². The van der Waals surface area contributed by atoms with Crippen LogP contribution in [0, 0.1) is 5.82 Å². The summed E-state index contributed by atoms with van der Waals surface area (Å²) in [6, 6.07) is 33.2. The van der Waals surface area contributed by atoms with Gasteiger partial charge in [-0.2, -0.15) is 0 Å². The smallest absolute Gasteiger partial charge is 0.123 e. The molecule has 4 aromatic rings. The Bertz CT molecular complexity index is 1420. The van der Waals surface area contributed by atoms with Crippen LogP contribution in [0.25, 0.3) is 0 Å². The minimum absolute atomic E-state index is 0.184. The molecule has 1 unspecified atom stereocenters. The van der Waals surface area contributed by atoms with Crippen LogP contribution in [0.15, 0.2) is 97.1 Å². The summed E-state index contributed by atoms with van der Waals surface area (Å²) in [6.07, 6.45) is 4.23. The third kappa shape index (κ3) is 5.06. The summed E-state index contributed by atoms with van der Waals surface area (Å²) in [5.41, 5.74) is 7.84. The van der Waals surface area contributed by atoms with Gasteiger partial charge in [-0.05, 0) is 95.8 Å². The van der Waals surface area contributed by atoms with E-state index in [9.17, 15) is 4.39 Å². The molecule has 0 aromatic heterocycles. The van der Waals surface area contributed by atoms with Crippen LogP contribution in [-0.4, -0.2) is 25.3 Å². The second kappa shape index (κ2) is 10.2. The molecule has 0 N–H and O–H groups in total. The monoisotopic (exact) mass is 519 g/mol. The van der Waals surface area contributed by atoms with Gasteiger partial charge >= 0.3 is 0 Å². The van der Waals surface area contributed by atoms with Crippen molar-refractivity contribution in [2.75, 3.05) is 24.6 Å². The Morgan fingerprint density at radius 2 is 1.56 bits per heavy atom. The molecular formula is C35H34FNO2. The zero-order valence-electron chi connectivity index (χ0n) is 22.2. The summed E-state index contributed by atoms with van der Waals surface area (Å²) in [4.78, 5) is 2.49. The average molecular weight is 520 g/mol. The van der Waals surface area contributed by atoms with Gasteiger partial charge in [0.25, 0.3) is 0 Å². The molecular weight excluding hydrogens is 485 g/mol. The van der Waals surface area contributed by atoms with E-state index < -0.39 is 0 Å². The van der Waals surface area contributed by atoms with E-state index in [-0.39, 0.29) is 17.3 Å². The predicted octanol–water partition coefficient (Wildman–Crippen LogP) is 7.64. The van der Waals surface area contributed by atoms with Crippen molar-refractivity contribution in [2.24, 2.45) is 0 Å². The third-order valence-corrected chi connectivity index (χ3v) is 8.97. The Morgan fingerprint density at radius 1 is 0.846 bits per heavy atom. The number of hydrogen-bond donors (Lipinski definition) is 0. The van der Waals surface area contributed by atoms with E-state index >= 15 is 0 Å². The van der Waals surface area contributed by atoms with E-state index in [2.05, 4.69) is 59.5 Å². The number of nitrogens with zero attached hydrogens (tertiary/aromatic N) is 1. The normalized spacial score (nSPS) is 21.4. The maximum Gasteiger partial charge on any atom is 0.123 e. The minimum atomic E-state index is -0.184. The average Bonchev–Trinajstić information content (AvgIpc) is 3.75. The number of piperidine rings is 1. The number of rotatable bonds is 6. The number of ether oxygens (including phenoxy) is 2. The number of aryl methyl sites for hydroxylation is 1. The molecule has 2 heterocycles. The lowest BCUT2D eigenvalue weighted by Gasteiger charge is -2.36. The second-order valence-electron chi connectivity index (χ2n) is 11.4. The van der Waals surface area contributed by atoms with Crippen LogP contribution in [-0.2, 0) is 17.8 Å². The quantitative estimate of drug-likeness (QED) is 0.245. The van der Waals surface area contributed by atoms with Crippen molar-refractivity contribution >= 4 is 5.69 Å². The molecule has 0 amide bonds. The molecule has 198 valence electrons. The fourth-order valence-corrected chi connectivity index (χ4v) is 6.56. The number of anilines is 1. The first-order chi connectivity index (χ1) is 19.2. The molecule has 4 aromatic carbocycles. The first-order valence-electron chi connectivity index (χ1n) is 14.2. The molecule has 2 aliphatic heterocycles. The zero-order chi connectivity index (χ0) is 26.2. The van der Waals surface area contributed by atoms with E-state index in [0.29, 0.717) is 12.5 Å². The predicted molar refractivity (Wildman–Crippen MR) is 153 cm³/mol. The van der Waals surface area contributed by atoms with Gasteiger partial charge in [-0.15, -0.1) is 0 Å². The van der Waals surface area contributed by atoms with Crippen LogP contribution < -0.4 is 9.64 Å². The van der Waals surface area contributed by atoms with E-state index in [1.54, 1.807) is 12.1 Å². The Hall–Kier alpha value is -3.63. The van der Waals surface area contributed by atoms with E-state index in [1.165, 1.54) is 27.9 Å². The molecule has 0 bridgehead atoms. The zero-order valence-corrected chi connectivity index (χ0v) is 22.2. The molecule has 2 fully saturated rings. The molecule has 1 spiro atoms. The highest BCUT2D eigenvalue weighted by atomic mass is 19.1. The SMILES string of the molecule is Fc1ccc([C@H]2CCc3cc(OCc4ccccc4)ccc3C2c2ccc(N3CCC4(CC3)CO4)cc2)cc1. The molecule has 2 saturated heterocycles. The summed E-state index contributed by atoms with van der Waals surface area (Å²) in [7, 11) is 0. The van der Waals surface area contributed by atoms with Crippen LogP contribution in [0.1, 0.15) is 58.9 Å². The highest BCUT2D eigenvalue weighted by molar-refractivity contribution is 5.53. The van der Waals surface area contributed by atoms with Crippen molar-refractivity contribution < 1.29 is 13.9 Å². The summed E-state index contributed by atoms with van der Waals surface area (Å²) in [5, 5.41) is 0. The van der Waals surface area contributed by atoms with Crippen molar-refractivity contribution in [3.05, 3.63) is 131 Å². The number of hydrogen-bond acceptors (Lipinski definition) is 3. The Labute approximate surface area is 230 Å². The lowest BCUT2D eigenvalue weighted by atomic mass is 9.69. The highest BCUT2D eigenvalue weighted by Gasteiger charge is 2.46. The molecule has 4 heteroatoms. The van der Waals surface area contributed by atoms with Crippen molar-refractivity contribution in [1.82, 2.24) is 0 Å². The Balaban J connectivity index is 1.17. The molecule has 3 nitrogen and oxygen atoms in total. The highest BCUT2D eigenvalue weighted by Crippen LogP contribution is 2.47. The van der Waals surface area contributed by atoms with Crippen molar-refractivity contribution in [3.8, 4) is 5.75 Å². The van der Waals surface area contributed by atoms with Gasteiger partial charge in [-0.25, -0.2) is 4.39 Å². The lowest BCUT2D eigenvalue weighted by molar-refractivity contribution is 0.258. The van der Waals surface area contributed by atoms with Crippen molar-refractivity contribution in [2.45, 2.75) is 49.7 Å². The Kier molecular flexibility index (Phi) is 6.36. The topological polar surface area (TPSA) is 25.0 Å². The van der Waals surface area contributed by atoms with Gasteiger partial charge in [0.15, 0.2) is 0 Å². The van der Waals surface area contributed by atoms with E-state index in [0.717, 1.165) is 56.7 Å². The van der Waals surface area contributed by atoms with Gasteiger partial charge in [0.2, 0.25) is 0 Å². The summed E-state index contributed by atoms with van der Waals surface area (Å²) in [5.74, 6) is 1.23. The molecule has 7 rings (SSSR count). The fraction of sp³-hybridized carbons (Fsp3) is 0.314. The van der Waals surface area contributed by atoms with Gasteiger partial charge < -0.3 is 14.4 Å². The van der Waals surface area contributed by atoms with Crippen molar-refractivity contribution in [1.29, 1.82) is 0 Å². The maximum atomic E-state index is 13.8. The van der Waals surface area contributed by atoms with Gasteiger partial charge in [0.05, 0.1) is 12.2 Å². The van der Waals surface area contributed by atoms with E-state index in [4.69, 9.17) is 9.47 Å². The van der Waals surface area contributed by atoms with Crippen LogP contribution in [0.3, 0.4) is 0 Å². The number of fused-ring (bicyclic) bond motifs is 1. The molecule has 0 radical (unpaired) electrons. The molecule has 2 atom stereocenters. The number of benzene rings is 4. The van der Waals surface area contributed by atoms with Crippen molar-refractivity contribution in [3.63, 3.8) is 0 Å². The standard InChI is InChI=1S/C35H34FNO2/c36-29-11-6-26(7-12-29)32-16-10-28-22-31(38-23-25-4-2-1-3-5-25)15-17-33(28)34(32)27-8-13-30(14-9-27)37-20-18-35(19-21-37)24-39-35/h1-9,11-15,17,22,32,34H,10,16,18-21,23-24H2/t32-,34?/m1/s1. The summed E-state index contributed by atoms with van der Waals surface area (Å²) >= 11 is 0. The summed E-state index contributed by atoms with van der Waals surface area (Å²) < 4.78 is 25.7. The second-order valence-corrected chi connectivity index (χ2v) is 11.4. The summed E-state index contributed by atoms with van der Waals surface area (Å²) in [6.45, 7) is 3.60. The minimum Gasteiger partial charge on any atom is -0.489 e. The molecule has 39 heavy (non-hydrogen) atoms. The van der Waals surface area contributed by atoms with Crippen LogP contribution in [0.2, 0.25) is 0 Å². The van der Waals surface area contributed by atoms with Crippen LogP contribution >= 0.6 is 0 Å². The van der Waals surface area contributed by atoms with Gasteiger partial charge in [-0.1, -0.05) is 60.7 Å². The first kappa shape index (κ1) is 24.4.